The minimum absolute atomic E-state index is 0.317. The van der Waals surface area contributed by atoms with Gasteiger partial charge in [0, 0.05) is 18.7 Å². The summed E-state index contributed by atoms with van der Waals surface area (Å²) in [4.78, 5) is 0. The van der Waals surface area contributed by atoms with E-state index in [-0.39, 0.29) is 0 Å². The third-order valence-electron chi connectivity index (χ3n) is 3.56. The molecule has 2 atom stereocenters. The number of rotatable bonds is 5. The highest BCUT2D eigenvalue weighted by atomic mass is 16.5. The van der Waals surface area contributed by atoms with E-state index in [2.05, 4.69) is 36.3 Å². The van der Waals surface area contributed by atoms with Crippen LogP contribution in [0.4, 0.5) is 0 Å². The van der Waals surface area contributed by atoms with Crippen LogP contribution in [0.5, 0.6) is 5.88 Å². The summed E-state index contributed by atoms with van der Waals surface area (Å²) in [7, 11) is 0. The van der Waals surface area contributed by atoms with Gasteiger partial charge >= 0.3 is 0 Å². The fourth-order valence-corrected chi connectivity index (χ4v) is 2.47. The highest BCUT2D eigenvalue weighted by Crippen LogP contribution is 2.26. The predicted octanol–water partition coefficient (Wildman–Crippen LogP) is 2.93. The largest absolute Gasteiger partial charge is 0.473 e. The van der Waals surface area contributed by atoms with Crippen LogP contribution in [-0.4, -0.2) is 22.3 Å². The summed E-state index contributed by atoms with van der Waals surface area (Å²) in [5, 5.41) is 11.7. The lowest BCUT2D eigenvalue weighted by Crippen LogP contribution is -2.25. The van der Waals surface area contributed by atoms with Crippen LogP contribution in [0.3, 0.4) is 0 Å². The van der Waals surface area contributed by atoms with E-state index in [1.807, 2.05) is 12.1 Å². The lowest BCUT2D eigenvalue weighted by Gasteiger charge is -2.26. The fourth-order valence-electron chi connectivity index (χ4n) is 2.47. The molecule has 1 aromatic heterocycles. The van der Waals surface area contributed by atoms with Gasteiger partial charge < -0.3 is 10.1 Å². The highest BCUT2D eigenvalue weighted by molar-refractivity contribution is 5.12. The maximum Gasteiger partial charge on any atom is 0.233 e. The molecule has 1 heterocycles. The van der Waals surface area contributed by atoms with Gasteiger partial charge in [0.15, 0.2) is 0 Å². The molecule has 0 aromatic carbocycles. The van der Waals surface area contributed by atoms with E-state index in [0.717, 1.165) is 31.0 Å². The van der Waals surface area contributed by atoms with Crippen molar-refractivity contribution in [2.24, 2.45) is 5.92 Å². The van der Waals surface area contributed by atoms with E-state index < -0.39 is 0 Å². The third-order valence-corrected chi connectivity index (χ3v) is 3.56. The van der Waals surface area contributed by atoms with Gasteiger partial charge in [-0.15, -0.1) is 5.10 Å². The fraction of sp³-hybridized carbons (Fsp3) is 0.733. The Hall–Kier alpha value is -1.16. The van der Waals surface area contributed by atoms with Crippen LogP contribution in [-0.2, 0) is 6.54 Å². The number of nitrogens with zero attached hydrogens (tertiary/aromatic N) is 2. The molecule has 0 bridgehead atoms. The van der Waals surface area contributed by atoms with Crippen molar-refractivity contribution in [2.45, 2.75) is 65.1 Å². The van der Waals surface area contributed by atoms with Crippen LogP contribution in [0.2, 0.25) is 0 Å². The summed E-state index contributed by atoms with van der Waals surface area (Å²) in [6.07, 6.45) is 5.18. The minimum atomic E-state index is 0.317. The van der Waals surface area contributed by atoms with Crippen molar-refractivity contribution in [1.82, 2.24) is 15.5 Å². The number of hydrogen-bond acceptors (Lipinski definition) is 4. The second-order valence-corrected chi connectivity index (χ2v) is 5.91. The van der Waals surface area contributed by atoms with Crippen LogP contribution in [0.15, 0.2) is 12.1 Å². The van der Waals surface area contributed by atoms with Crippen molar-refractivity contribution in [2.75, 3.05) is 0 Å². The first-order chi connectivity index (χ1) is 9.13. The SMILES string of the molecule is CC1CCCC(Oc2ccc(CNC(C)C)nn2)C1. The van der Waals surface area contributed by atoms with Gasteiger partial charge in [0.1, 0.15) is 6.10 Å². The molecule has 1 N–H and O–H groups in total. The Bertz CT molecular complexity index is 377. The Balaban J connectivity index is 1.84. The maximum atomic E-state index is 5.91. The van der Waals surface area contributed by atoms with Crippen molar-refractivity contribution < 1.29 is 4.74 Å². The Morgan fingerprint density at radius 2 is 2.16 bits per heavy atom. The van der Waals surface area contributed by atoms with Crippen LogP contribution in [0.25, 0.3) is 0 Å². The molecule has 0 aliphatic heterocycles. The van der Waals surface area contributed by atoms with Gasteiger partial charge in [0.05, 0.1) is 5.69 Å². The Labute approximate surface area is 116 Å². The molecule has 19 heavy (non-hydrogen) atoms. The molecule has 1 aliphatic rings. The van der Waals surface area contributed by atoms with Crippen molar-refractivity contribution in [3.63, 3.8) is 0 Å². The van der Waals surface area contributed by atoms with Gasteiger partial charge in [-0.2, -0.15) is 5.10 Å². The smallest absolute Gasteiger partial charge is 0.233 e. The van der Waals surface area contributed by atoms with Gasteiger partial charge in [0.2, 0.25) is 5.88 Å². The normalized spacial score (nSPS) is 23.6. The lowest BCUT2D eigenvalue weighted by atomic mass is 9.89. The van der Waals surface area contributed by atoms with Gasteiger partial charge in [-0.1, -0.05) is 27.2 Å². The van der Waals surface area contributed by atoms with Gasteiger partial charge in [0.25, 0.3) is 0 Å². The number of hydrogen-bond donors (Lipinski definition) is 1. The first kappa shape index (κ1) is 14.3. The van der Waals surface area contributed by atoms with Gasteiger partial charge in [-0.25, -0.2) is 0 Å². The molecule has 0 amide bonds. The summed E-state index contributed by atoms with van der Waals surface area (Å²) in [6.45, 7) is 7.29. The molecule has 2 unspecified atom stereocenters. The first-order valence-corrected chi connectivity index (χ1v) is 7.36. The topological polar surface area (TPSA) is 47.0 Å². The maximum absolute atomic E-state index is 5.91. The van der Waals surface area contributed by atoms with Crippen LogP contribution < -0.4 is 10.1 Å². The van der Waals surface area contributed by atoms with Crippen molar-refractivity contribution in [1.29, 1.82) is 0 Å². The van der Waals surface area contributed by atoms with E-state index in [1.54, 1.807) is 0 Å². The van der Waals surface area contributed by atoms with Crippen molar-refractivity contribution in [3.8, 4) is 5.88 Å². The molecule has 106 valence electrons. The number of nitrogens with one attached hydrogen (secondary N) is 1. The molecule has 0 radical (unpaired) electrons. The first-order valence-electron chi connectivity index (χ1n) is 7.36. The van der Waals surface area contributed by atoms with E-state index in [4.69, 9.17) is 4.74 Å². The van der Waals surface area contributed by atoms with Crippen molar-refractivity contribution >= 4 is 0 Å². The quantitative estimate of drug-likeness (QED) is 0.887. The van der Waals surface area contributed by atoms with Gasteiger partial charge in [-0.3, -0.25) is 0 Å². The Morgan fingerprint density at radius 3 is 2.79 bits per heavy atom. The van der Waals surface area contributed by atoms with Crippen LogP contribution in [0.1, 0.15) is 52.1 Å². The molecular weight excluding hydrogens is 238 g/mol. The zero-order chi connectivity index (χ0) is 13.7. The molecule has 0 spiro atoms. The van der Waals surface area contributed by atoms with E-state index in [9.17, 15) is 0 Å². The predicted molar refractivity (Wildman–Crippen MR) is 76.1 cm³/mol. The summed E-state index contributed by atoms with van der Waals surface area (Å²) >= 11 is 0. The molecule has 1 saturated carbocycles. The molecule has 0 saturated heterocycles. The Kier molecular flexibility index (Phi) is 5.14. The van der Waals surface area contributed by atoms with E-state index in [1.165, 1.54) is 12.8 Å². The number of aromatic nitrogens is 2. The summed E-state index contributed by atoms with van der Waals surface area (Å²) < 4.78 is 5.91. The summed E-state index contributed by atoms with van der Waals surface area (Å²) in [5.41, 5.74) is 0.957. The molecule has 4 nitrogen and oxygen atoms in total. The standard InChI is InChI=1S/C15H25N3O/c1-11(2)16-10-13-7-8-15(18-17-13)19-14-6-4-5-12(3)9-14/h7-8,11-12,14,16H,4-6,9-10H2,1-3H3. The molecule has 4 heteroatoms. The molecular formula is C15H25N3O. The second-order valence-electron chi connectivity index (χ2n) is 5.91. The zero-order valence-electron chi connectivity index (χ0n) is 12.2. The van der Waals surface area contributed by atoms with Crippen LogP contribution in [0, 0.1) is 5.92 Å². The molecule has 2 rings (SSSR count). The summed E-state index contributed by atoms with van der Waals surface area (Å²) in [5.74, 6) is 1.42. The van der Waals surface area contributed by atoms with E-state index in [0.29, 0.717) is 18.0 Å². The van der Waals surface area contributed by atoms with Crippen LogP contribution >= 0.6 is 0 Å². The average molecular weight is 263 g/mol. The molecule has 1 aliphatic carbocycles. The number of ether oxygens (including phenoxy) is 1. The monoisotopic (exact) mass is 263 g/mol. The minimum Gasteiger partial charge on any atom is -0.473 e. The third kappa shape index (κ3) is 4.78. The molecule has 1 aromatic rings. The Morgan fingerprint density at radius 1 is 1.32 bits per heavy atom. The summed E-state index contributed by atoms with van der Waals surface area (Å²) in [6, 6.07) is 4.38. The van der Waals surface area contributed by atoms with Gasteiger partial charge in [-0.05, 0) is 31.2 Å². The molecule has 1 fully saturated rings. The van der Waals surface area contributed by atoms with Crippen molar-refractivity contribution in [3.05, 3.63) is 17.8 Å². The highest BCUT2D eigenvalue weighted by Gasteiger charge is 2.20. The second kappa shape index (κ2) is 6.85. The average Bonchev–Trinajstić information content (AvgIpc) is 2.38. The van der Waals surface area contributed by atoms with E-state index >= 15 is 0 Å². The lowest BCUT2D eigenvalue weighted by molar-refractivity contribution is 0.122. The zero-order valence-corrected chi connectivity index (χ0v) is 12.2.